The van der Waals surface area contributed by atoms with Gasteiger partial charge in [-0.25, -0.2) is 4.39 Å². The third-order valence-corrected chi connectivity index (χ3v) is 6.05. The van der Waals surface area contributed by atoms with Crippen LogP contribution in [0, 0.1) is 12.7 Å². The van der Waals surface area contributed by atoms with E-state index in [2.05, 4.69) is 63.6 Å². The topological polar surface area (TPSA) is 3.24 Å². The molecule has 0 aromatic heterocycles. The van der Waals surface area contributed by atoms with Gasteiger partial charge in [-0.1, -0.05) is 24.3 Å². The molecule has 1 aliphatic heterocycles. The average molecular weight is 376 g/mol. The number of halogens is 1. The van der Waals surface area contributed by atoms with Gasteiger partial charge in [0, 0.05) is 17.6 Å². The first-order valence-electron chi connectivity index (χ1n) is 9.97. The number of aryl methyl sites for hydroxylation is 1. The molecule has 3 rings (SSSR count). The third kappa shape index (κ3) is 4.11. The predicted octanol–water partition coefficient (Wildman–Crippen LogP) is 7.60. The Kier molecular flexibility index (Phi) is 5.88. The normalized spacial score (nSPS) is 18.0. The van der Waals surface area contributed by atoms with E-state index >= 15 is 0 Å². The number of benzene rings is 1. The second-order valence-corrected chi connectivity index (χ2v) is 7.90. The van der Waals surface area contributed by atoms with Gasteiger partial charge in [0.15, 0.2) is 0 Å². The van der Waals surface area contributed by atoms with Crippen molar-refractivity contribution in [3.05, 3.63) is 99.3 Å². The van der Waals surface area contributed by atoms with E-state index in [1.165, 1.54) is 42.0 Å². The van der Waals surface area contributed by atoms with Crippen LogP contribution in [0.1, 0.15) is 58.1 Å². The first-order valence-corrected chi connectivity index (χ1v) is 9.97. The van der Waals surface area contributed by atoms with E-state index in [0.29, 0.717) is 0 Å². The Morgan fingerprint density at radius 2 is 1.86 bits per heavy atom. The van der Waals surface area contributed by atoms with Gasteiger partial charge in [-0.05, 0) is 112 Å². The van der Waals surface area contributed by atoms with Crippen LogP contribution < -0.4 is 0 Å². The molecule has 1 aromatic rings. The standard InChI is InChI=1S/C26H30FN/c1-17(14-24-10-11-26(27)15-18(24)2)20(4)22(6)28-13-12-25(16-19(28)3)21(5)23-8-7-9-23/h10-16H,3,7-9H2,1-2,4-6H3/b17-14+,22-20+. The lowest BCUT2D eigenvalue weighted by atomic mass is 9.85. The van der Waals surface area contributed by atoms with E-state index in [0.717, 1.165) is 28.1 Å². The van der Waals surface area contributed by atoms with Crippen molar-refractivity contribution in [2.45, 2.75) is 53.9 Å². The number of hydrogen-bond acceptors (Lipinski definition) is 1. The minimum Gasteiger partial charge on any atom is -0.321 e. The van der Waals surface area contributed by atoms with Gasteiger partial charge in [0.2, 0.25) is 0 Å². The highest BCUT2D eigenvalue weighted by Gasteiger charge is 2.17. The Morgan fingerprint density at radius 3 is 2.43 bits per heavy atom. The Bertz CT molecular complexity index is 960. The van der Waals surface area contributed by atoms with Crippen molar-refractivity contribution in [1.82, 2.24) is 4.90 Å². The SMILES string of the molecule is C=C1C=C(C(C)=C2CCC2)C=CN1/C(C)=C(C)/C(C)=C/c1ccc(F)cc1C. The highest BCUT2D eigenvalue weighted by atomic mass is 19.1. The maximum Gasteiger partial charge on any atom is 0.123 e. The lowest BCUT2D eigenvalue weighted by molar-refractivity contribution is 0.582. The first kappa shape index (κ1) is 20.1. The number of allylic oxidation sites excluding steroid dienone is 8. The zero-order valence-corrected chi connectivity index (χ0v) is 17.7. The Morgan fingerprint density at radius 1 is 1.14 bits per heavy atom. The molecule has 0 N–H and O–H groups in total. The summed E-state index contributed by atoms with van der Waals surface area (Å²) in [5.41, 5.74) is 10.7. The summed E-state index contributed by atoms with van der Waals surface area (Å²) in [6, 6.07) is 4.92. The number of rotatable bonds is 4. The predicted molar refractivity (Wildman–Crippen MR) is 118 cm³/mol. The van der Waals surface area contributed by atoms with Gasteiger partial charge >= 0.3 is 0 Å². The van der Waals surface area contributed by atoms with Crippen LogP contribution in [-0.2, 0) is 0 Å². The lowest BCUT2D eigenvalue weighted by Crippen LogP contribution is -2.17. The molecule has 1 fully saturated rings. The van der Waals surface area contributed by atoms with Gasteiger partial charge in [-0.2, -0.15) is 0 Å². The molecule has 0 amide bonds. The maximum absolute atomic E-state index is 13.4. The molecular formula is C26H30FN. The van der Waals surface area contributed by atoms with Crippen LogP contribution in [0.25, 0.3) is 6.08 Å². The molecule has 1 nitrogen and oxygen atoms in total. The molecule has 2 heteroatoms. The zero-order chi connectivity index (χ0) is 20.4. The highest BCUT2D eigenvalue weighted by molar-refractivity contribution is 5.61. The van der Waals surface area contributed by atoms with Gasteiger partial charge in [0.05, 0.1) is 0 Å². The summed E-state index contributed by atoms with van der Waals surface area (Å²) in [6.45, 7) is 14.8. The Labute approximate surface area is 169 Å². The summed E-state index contributed by atoms with van der Waals surface area (Å²) in [5, 5.41) is 0. The number of hydrogen-bond donors (Lipinski definition) is 0. The Hall–Kier alpha value is -2.61. The van der Waals surface area contributed by atoms with Crippen LogP contribution in [0.5, 0.6) is 0 Å². The monoisotopic (exact) mass is 375 g/mol. The average Bonchev–Trinajstić information content (AvgIpc) is 2.61. The van der Waals surface area contributed by atoms with Gasteiger partial charge in [0.25, 0.3) is 0 Å². The first-order chi connectivity index (χ1) is 13.3. The second kappa shape index (κ2) is 8.18. The molecule has 146 valence electrons. The van der Waals surface area contributed by atoms with Crippen LogP contribution in [0.4, 0.5) is 4.39 Å². The minimum absolute atomic E-state index is 0.194. The van der Waals surface area contributed by atoms with Crippen molar-refractivity contribution >= 4 is 6.08 Å². The summed E-state index contributed by atoms with van der Waals surface area (Å²) in [5.74, 6) is -0.194. The minimum atomic E-state index is -0.194. The fourth-order valence-corrected chi connectivity index (χ4v) is 3.65. The molecule has 0 bridgehead atoms. The molecule has 2 aliphatic rings. The molecule has 0 spiro atoms. The zero-order valence-electron chi connectivity index (χ0n) is 17.7. The van der Waals surface area contributed by atoms with Crippen LogP contribution in [0.2, 0.25) is 0 Å². The molecule has 0 radical (unpaired) electrons. The van der Waals surface area contributed by atoms with E-state index in [9.17, 15) is 4.39 Å². The van der Waals surface area contributed by atoms with Gasteiger partial charge < -0.3 is 4.90 Å². The van der Waals surface area contributed by atoms with E-state index in [-0.39, 0.29) is 5.82 Å². The van der Waals surface area contributed by atoms with Gasteiger partial charge in [-0.15, -0.1) is 0 Å². The van der Waals surface area contributed by atoms with Crippen molar-refractivity contribution in [3.8, 4) is 0 Å². The van der Waals surface area contributed by atoms with Crippen molar-refractivity contribution in [1.29, 1.82) is 0 Å². The molecule has 1 aromatic carbocycles. The molecule has 0 saturated heterocycles. The molecule has 0 unspecified atom stereocenters. The largest absolute Gasteiger partial charge is 0.321 e. The van der Waals surface area contributed by atoms with Crippen molar-refractivity contribution < 1.29 is 4.39 Å². The van der Waals surface area contributed by atoms with E-state index in [1.54, 1.807) is 11.6 Å². The molecular weight excluding hydrogens is 345 g/mol. The quantitative estimate of drug-likeness (QED) is 0.490. The second-order valence-electron chi connectivity index (χ2n) is 7.90. The van der Waals surface area contributed by atoms with Gasteiger partial charge in [-0.3, -0.25) is 0 Å². The summed E-state index contributed by atoms with van der Waals surface area (Å²) in [4.78, 5) is 2.15. The summed E-state index contributed by atoms with van der Waals surface area (Å²) in [6.07, 6.45) is 12.4. The molecule has 1 heterocycles. The fraction of sp³-hybridized carbons (Fsp3) is 0.308. The van der Waals surface area contributed by atoms with Gasteiger partial charge in [0.1, 0.15) is 5.82 Å². The van der Waals surface area contributed by atoms with E-state index in [1.807, 2.05) is 13.0 Å². The molecule has 0 atom stereocenters. The fourth-order valence-electron chi connectivity index (χ4n) is 3.65. The molecule has 1 saturated carbocycles. The van der Waals surface area contributed by atoms with Crippen LogP contribution in [0.15, 0.2) is 82.4 Å². The van der Waals surface area contributed by atoms with Crippen LogP contribution in [0.3, 0.4) is 0 Å². The third-order valence-electron chi connectivity index (χ3n) is 6.05. The van der Waals surface area contributed by atoms with Crippen LogP contribution in [-0.4, -0.2) is 4.90 Å². The summed E-state index contributed by atoms with van der Waals surface area (Å²) in [7, 11) is 0. The summed E-state index contributed by atoms with van der Waals surface area (Å²) >= 11 is 0. The summed E-state index contributed by atoms with van der Waals surface area (Å²) < 4.78 is 13.4. The van der Waals surface area contributed by atoms with E-state index in [4.69, 9.17) is 0 Å². The van der Waals surface area contributed by atoms with Crippen molar-refractivity contribution in [2.75, 3.05) is 0 Å². The molecule has 28 heavy (non-hydrogen) atoms. The van der Waals surface area contributed by atoms with Crippen LogP contribution >= 0.6 is 0 Å². The van der Waals surface area contributed by atoms with E-state index < -0.39 is 0 Å². The maximum atomic E-state index is 13.4. The Balaban J connectivity index is 1.84. The highest BCUT2D eigenvalue weighted by Crippen LogP contribution is 2.34. The smallest absolute Gasteiger partial charge is 0.123 e. The lowest BCUT2D eigenvalue weighted by Gasteiger charge is -2.29. The van der Waals surface area contributed by atoms with Crippen molar-refractivity contribution in [2.24, 2.45) is 0 Å². The molecule has 1 aliphatic carbocycles. The number of nitrogens with zero attached hydrogens (tertiary/aromatic N) is 1. The van der Waals surface area contributed by atoms with Crippen molar-refractivity contribution in [3.63, 3.8) is 0 Å².